The normalized spacial score (nSPS) is 11.5. The van der Waals surface area contributed by atoms with Gasteiger partial charge in [0.15, 0.2) is 4.34 Å². The zero-order chi connectivity index (χ0) is 17.3. The van der Waals surface area contributed by atoms with E-state index in [2.05, 4.69) is 9.71 Å². The second-order valence-corrected chi connectivity index (χ2v) is 8.49. The van der Waals surface area contributed by atoms with Gasteiger partial charge in [-0.1, -0.05) is 11.8 Å². The maximum absolute atomic E-state index is 12.4. The molecule has 0 atom stereocenters. The van der Waals surface area contributed by atoms with E-state index in [0.29, 0.717) is 5.69 Å². The van der Waals surface area contributed by atoms with Gasteiger partial charge in [0.25, 0.3) is 15.7 Å². The Kier molecular flexibility index (Phi) is 4.43. The van der Waals surface area contributed by atoms with Gasteiger partial charge in [-0.3, -0.25) is 14.8 Å². The average Bonchev–Trinajstić information content (AvgIpc) is 2.97. The monoisotopic (exact) mass is 381 g/mol. The minimum absolute atomic E-state index is 0.0395. The molecular formula is C14H11N3O4S3. The summed E-state index contributed by atoms with van der Waals surface area (Å²) in [6.07, 6.45) is 1.93. The molecule has 124 valence electrons. The van der Waals surface area contributed by atoms with Crippen LogP contribution in [0.3, 0.4) is 0 Å². The van der Waals surface area contributed by atoms with Gasteiger partial charge in [0.1, 0.15) is 0 Å². The molecule has 0 amide bonds. The lowest BCUT2D eigenvalue weighted by molar-refractivity contribution is -0.384. The Morgan fingerprint density at radius 3 is 2.54 bits per heavy atom. The molecule has 0 saturated carbocycles. The van der Waals surface area contributed by atoms with Crippen molar-refractivity contribution in [2.45, 2.75) is 9.24 Å². The lowest BCUT2D eigenvalue weighted by Gasteiger charge is -2.07. The summed E-state index contributed by atoms with van der Waals surface area (Å²) in [7, 11) is -3.82. The Hall–Kier alpha value is -2.17. The van der Waals surface area contributed by atoms with Gasteiger partial charge in [-0.05, 0) is 36.6 Å². The second kappa shape index (κ2) is 6.38. The SMILES string of the molecule is CSc1nc2ccc(NS(=O)(=O)c3ccc([N+](=O)[O-])cc3)cc2s1. The van der Waals surface area contributed by atoms with Gasteiger partial charge in [-0.2, -0.15) is 0 Å². The van der Waals surface area contributed by atoms with Gasteiger partial charge in [-0.15, -0.1) is 11.3 Å². The number of anilines is 1. The topological polar surface area (TPSA) is 102 Å². The molecule has 1 aromatic heterocycles. The number of thioether (sulfide) groups is 1. The summed E-state index contributed by atoms with van der Waals surface area (Å²) in [6.45, 7) is 0. The van der Waals surface area contributed by atoms with Gasteiger partial charge in [0.2, 0.25) is 0 Å². The first-order valence-corrected chi connectivity index (χ1v) is 10.1. The summed E-state index contributed by atoms with van der Waals surface area (Å²) in [5, 5.41) is 10.6. The minimum atomic E-state index is -3.82. The molecule has 3 rings (SSSR count). The number of benzene rings is 2. The fraction of sp³-hybridized carbons (Fsp3) is 0.0714. The van der Waals surface area contributed by atoms with Crippen LogP contribution in [-0.2, 0) is 10.0 Å². The molecule has 0 spiro atoms. The second-order valence-electron chi connectivity index (χ2n) is 4.72. The van der Waals surface area contributed by atoms with Gasteiger partial charge in [0, 0.05) is 12.1 Å². The van der Waals surface area contributed by atoms with Crippen molar-refractivity contribution in [2.75, 3.05) is 11.0 Å². The standard InChI is InChI=1S/C14H11N3O4S3/c1-22-14-15-12-7-2-9(8-13(12)23-14)16-24(20,21)11-5-3-10(4-6-11)17(18)19/h2-8,16H,1H3. The van der Waals surface area contributed by atoms with Crippen molar-refractivity contribution in [1.82, 2.24) is 4.98 Å². The Balaban J connectivity index is 1.89. The molecule has 0 aliphatic rings. The molecular weight excluding hydrogens is 370 g/mol. The number of fused-ring (bicyclic) bond motifs is 1. The van der Waals surface area contributed by atoms with E-state index in [1.54, 1.807) is 18.2 Å². The molecule has 7 nitrogen and oxygen atoms in total. The highest BCUT2D eigenvalue weighted by Gasteiger charge is 2.16. The lowest BCUT2D eigenvalue weighted by Crippen LogP contribution is -2.12. The number of non-ortho nitro benzene ring substituents is 1. The Labute approximate surface area is 145 Å². The van der Waals surface area contributed by atoms with E-state index in [-0.39, 0.29) is 10.6 Å². The van der Waals surface area contributed by atoms with Gasteiger partial charge in [-0.25, -0.2) is 13.4 Å². The average molecular weight is 381 g/mol. The predicted molar refractivity (Wildman–Crippen MR) is 95.3 cm³/mol. The summed E-state index contributed by atoms with van der Waals surface area (Å²) < 4.78 is 29.0. The van der Waals surface area contributed by atoms with Gasteiger partial charge in [0.05, 0.1) is 25.7 Å². The number of thiazole rings is 1. The first-order valence-electron chi connectivity index (χ1n) is 6.61. The summed E-state index contributed by atoms with van der Waals surface area (Å²) in [4.78, 5) is 14.4. The fourth-order valence-electron chi connectivity index (χ4n) is 2.02. The van der Waals surface area contributed by atoms with Gasteiger partial charge < -0.3 is 0 Å². The third-order valence-electron chi connectivity index (χ3n) is 3.15. The van der Waals surface area contributed by atoms with E-state index in [1.165, 1.54) is 35.2 Å². The largest absolute Gasteiger partial charge is 0.280 e. The summed E-state index contributed by atoms with van der Waals surface area (Å²) in [5.41, 5.74) is 1.06. The van der Waals surface area contributed by atoms with Crippen molar-refractivity contribution in [1.29, 1.82) is 0 Å². The van der Waals surface area contributed by atoms with Crippen LogP contribution in [0.5, 0.6) is 0 Å². The van der Waals surface area contributed by atoms with Crippen molar-refractivity contribution >= 4 is 54.7 Å². The number of aromatic nitrogens is 1. The van der Waals surface area contributed by atoms with Crippen LogP contribution < -0.4 is 4.72 Å². The van der Waals surface area contributed by atoms with Crippen LogP contribution in [0, 0.1) is 10.1 Å². The van der Waals surface area contributed by atoms with E-state index in [4.69, 9.17) is 0 Å². The van der Waals surface area contributed by atoms with Crippen LogP contribution in [0.4, 0.5) is 11.4 Å². The van der Waals surface area contributed by atoms with Crippen molar-refractivity contribution in [3.05, 3.63) is 52.6 Å². The van der Waals surface area contributed by atoms with E-state index in [0.717, 1.165) is 26.7 Å². The lowest BCUT2D eigenvalue weighted by atomic mass is 10.3. The highest BCUT2D eigenvalue weighted by molar-refractivity contribution is 8.00. The van der Waals surface area contributed by atoms with Crippen LogP contribution in [0.25, 0.3) is 10.2 Å². The molecule has 3 aromatic rings. The third kappa shape index (κ3) is 3.35. The third-order valence-corrected chi connectivity index (χ3v) is 6.55. The summed E-state index contributed by atoms with van der Waals surface area (Å²) in [6, 6.07) is 9.83. The molecule has 24 heavy (non-hydrogen) atoms. The van der Waals surface area contributed by atoms with Crippen molar-refractivity contribution < 1.29 is 13.3 Å². The highest BCUT2D eigenvalue weighted by atomic mass is 32.2. The first-order chi connectivity index (χ1) is 11.4. The van der Waals surface area contributed by atoms with Gasteiger partial charge >= 0.3 is 0 Å². The zero-order valence-corrected chi connectivity index (χ0v) is 14.7. The van der Waals surface area contributed by atoms with Crippen molar-refractivity contribution in [3.8, 4) is 0 Å². The fourth-order valence-corrected chi connectivity index (χ4v) is 4.59. The summed E-state index contributed by atoms with van der Waals surface area (Å²) in [5.74, 6) is 0. The Bertz CT molecular complexity index is 1010. The molecule has 0 fully saturated rings. The van der Waals surface area contributed by atoms with Crippen LogP contribution >= 0.6 is 23.1 Å². The number of hydrogen-bond donors (Lipinski definition) is 1. The Morgan fingerprint density at radius 1 is 1.21 bits per heavy atom. The van der Waals surface area contributed by atoms with Crippen LogP contribution in [-0.4, -0.2) is 24.6 Å². The predicted octanol–water partition coefficient (Wildman–Crippen LogP) is 3.73. The molecule has 0 bridgehead atoms. The number of nitro groups is 1. The van der Waals surface area contributed by atoms with Crippen molar-refractivity contribution in [3.63, 3.8) is 0 Å². The van der Waals surface area contributed by atoms with Crippen LogP contribution in [0.15, 0.2) is 51.7 Å². The molecule has 0 unspecified atom stereocenters. The van der Waals surface area contributed by atoms with Crippen LogP contribution in [0.2, 0.25) is 0 Å². The van der Waals surface area contributed by atoms with E-state index >= 15 is 0 Å². The quantitative estimate of drug-likeness (QED) is 0.410. The number of nitrogens with one attached hydrogen (secondary N) is 1. The number of sulfonamides is 1. The molecule has 2 aromatic carbocycles. The minimum Gasteiger partial charge on any atom is -0.280 e. The van der Waals surface area contributed by atoms with Crippen LogP contribution in [0.1, 0.15) is 0 Å². The number of nitro benzene ring substituents is 1. The maximum Gasteiger partial charge on any atom is 0.269 e. The molecule has 0 aliphatic carbocycles. The number of hydrogen-bond acceptors (Lipinski definition) is 7. The highest BCUT2D eigenvalue weighted by Crippen LogP contribution is 2.30. The molecule has 0 aliphatic heterocycles. The van der Waals surface area contributed by atoms with Crippen molar-refractivity contribution in [2.24, 2.45) is 0 Å². The summed E-state index contributed by atoms with van der Waals surface area (Å²) >= 11 is 3.01. The molecule has 0 radical (unpaired) electrons. The Morgan fingerprint density at radius 2 is 1.92 bits per heavy atom. The zero-order valence-electron chi connectivity index (χ0n) is 12.3. The molecule has 1 N–H and O–H groups in total. The number of nitrogens with zero attached hydrogens (tertiary/aromatic N) is 2. The molecule has 10 heteroatoms. The van der Waals surface area contributed by atoms with E-state index in [9.17, 15) is 18.5 Å². The number of rotatable bonds is 5. The first kappa shape index (κ1) is 16.7. The molecule has 0 saturated heterocycles. The smallest absolute Gasteiger partial charge is 0.269 e. The van der Waals surface area contributed by atoms with E-state index in [1.807, 2.05) is 6.26 Å². The van der Waals surface area contributed by atoms with E-state index < -0.39 is 14.9 Å². The molecule has 1 heterocycles. The maximum atomic E-state index is 12.4.